The topological polar surface area (TPSA) is 44.1 Å². The summed E-state index contributed by atoms with van der Waals surface area (Å²) in [6.45, 7) is 3.63. The molecule has 0 saturated carbocycles. The summed E-state index contributed by atoms with van der Waals surface area (Å²) < 4.78 is 6.91. The average Bonchev–Trinajstić information content (AvgIpc) is 2.77. The van der Waals surface area contributed by atoms with Gasteiger partial charge in [0.2, 0.25) is 0 Å². The first kappa shape index (κ1) is 9.40. The molecule has 14 heavy (non-hydrogen) atoms. The van der Waals surface area contributed by atoms with E-state index in [0.717, 1.165) is 12.1 Å². The number of carbonyl (C=O) groups is 1. The second-order valence-electron chi connectivity index (χ2n) is 3.66. The first-order chi connectivity index (χ1) is 6.77. The Labute approximate surface area is 82.9 Å². The molecule has 0 radical (unpaired) electrons. The molecule has 76 valence electrons. The van der Waals surface area contributed by atoms with E-state index in [2.05, 4.69) is 5.10 Å². The Hall–Kier alpha value is -1.16. The largest absolute Gasteiger partial charge is 0.381 e. The summed E-state index contributed by atoms with van der Waals surface area (Å²) in [4.78, 5) is 11.7. The van der Waals surface area contributed by atoms with Crippen molar-refractivity contribution in [1.29, 1.82) is 0 Å². The van der Waals surface area contributed by atoms with Gasteiger partial charge in [-0.3, -0.25) is 9.48 Å². The van der Waals surface area contributed by atoms with E-state index in [0.29, 0.717) is 19.8 Å². The number of ketones is 1. The first-order valence-corrected chi connectivity index (χ1v) is 4.86. The Morgan fingerprint density at radius 2 is 2.64 bits per heavy atom. The van der Waals surface area contributed by atoms with Gasteiger partial charge in [0.15, 0.2) is 5.78 Å². The van der Waals surface area contributed by atoms with E-state index in [4.69, 9.17) is 4.74 Å². The lowest BCUT2D eigenvalue weighted by molar-refractivity contribution is -0.123. The molecule has 1 aliphatic heterocycles. The second-order valence-corrected chi connectivity index (χ2v) is 3.66. The lowest BCUT2D eigenvalue weighted by atomic mass is 10.0. The van der Waals surface area contributed by atoms with Crippen LogP contribution in [0.3, 0.4) is 0 Å². The maximum atomic E-state index is 11.7. The Kier molecular flexibility index (Phi) is 2.63. The van der Waals surface area contributed by atoms with Crippen LogP contribution < -0.4 is 0 Å². The van der Waals surface area contributed by atoms with Crippen molar-refractivity contribution in [2.24, 2.45) is 5.92 Å². The van der Waals surface area contributed by atoms with Crippen LogP contribution in [0.2, 0.25) is 0 Å². The molecule has 0 spiro atoms. The van der Waals surface area contributed by atoms with Crippen molar-refractivity contribution in [2.45, 2.75) is 19.9 Å². The molecule has 2 heterocycles. The first-order valence-electron chi connectivity index (χ1n) is 4.86. The molecule has 1 aromatic heterocycles. The SMILES string of the molecule is Cc1ccnn1CC(=O)C1CCOC1. The van der Waals surface area contributed by atoms with E-state index in [9.17, 15) is 4.79 Å². The summed E-state index contributed by atoms with van der Waals surface area (Å²) in [5, 5.41) is 4.08. The standard InChI is InChI=1S/C10H14N2O2/c1-8-2-4-11-12(8)6-10(13)9-3-5-14-7-9/h2,4,9H,3,5-7H2,1H3. The van der Waals surface area contributed by atoms with Crippen molar-refractivity contribution in [3.63, 3.8) is 0 Å². The van der Waals surface area contributed by atoms with Crippen LogP contribution in [0.5, 0.6) is 0 Å². The van der Waals surface area contributed by atoms with Gasteiger partial charge in [0.1, 0.15) is 6.54 Å². The fourth-order valence-corrected chi connectivity index (χ4v) is 1.63. The number of aryl methyl sites for hydroxylation is 1. The van der Waals surface area contributed by atoms with Crippen molar-refractivity contribution in [2.75, 3.05) is 13.2 Å². The highest BCUT2D eigenvalue weighted by atomic mass is 16.5. The highest BCUT2D eigenvalue weighted by molar-refractivity contribution is 5.81. The van der Waals surface area contributed by atoms with Crippen molar-refractivity contribution in [1.82, 2.24) is 9.78 Å². The lowest BCUT2D eigenvalue weighted by Crippen LogP contribution is -2.21. The molecule has 2 rings (SSSR count). The molecule has 1 aromatic rings. The molecule has 4 nitrogen and oxygen atoms in total. The molecular weight excluding hydrogens is 180 g/mol. The van der Waals surface area contributed by atoms with Crippen LogP contribution >= 0.6 is 0 Å². The molecule has 0 N–H and O–H groups in total. The van der Waals surface area contributed by atoms with E-state index < -0.39 is 0 Å². The summed E-state index contributed by atoms with van der Waals surface area (Å²) in [5.41, 5.74) is 1.03. The summed E-state index contributed by atoms with van der Waals surface area (Å²) in [5.74, 6) is 0.313. The molecule has 4 heteroatoms. The number of ether oxygens (including phenoxy) is 1. The van der Waals surface area contributed by atoms with Gasteiger partial charge in [-0.05, 0) is 19.4 Å². The predicted molar refractivity (Wildman–Crippen MR) is 50.9 cm³/mol. The van der Waals surface area contributed by atoms with Gasteiger partial charge < -0.3 is 4.74 Å². The summed E-state index contributed by atoms with van der Waals surface area (Å²) in [7, 11) is 0. The summed E-state index contributed by atoms with van der Waals surface area (Å²) in [6, 6.07) is 1.90. The molecule has 0 aliphatic carbocycles. The van der Waals surface area contributed by atoms with E-state index >= 15 is 0 Å². The Morgan fingerprint density at radius 3 is 3.21 bits per heavy atom. The van der Waals surface area contributed by atoms with Gasteiger partial charge in [0.25, 0.3) is 0 Å². The molecule has 1 aliphatic rings. The van der Waals surface area contributed by atoms with Crippen LogP contribution in [0.15, 0.2) is 12.3 Å². The van der Waals surface area contributed by atoms with Crippen LogP contribution in [-0.4, -0.2) is 28.8 Å². The fourth-order valence-electron chi connectivity index (χ4n) is 1.63. The minimum absolute atomic E-state index is 0.0820. The van der Waals surface area contributed by atoms with E-state index in [1.807, 2.05) is 13.0 Å². The maximum Gasteiger partial charge on any atom is 0.159 e. The highest BCUT2D eigenvalue weighted by Crippen LogP contribution is 2.14. The quantitative estimate of drug-likeness (QED) is 0.714. The molecule has 1 saturated heterocycles. The number of aromatic nitrogens is 2. The third kappa shape index (κ3) is 1.85. The van der Waals surface area contributed by atoms with Gasteiger partial charge in [0.05, 0.1) is 6.61 Å². The molecule has 0 bridgehead atoms. The van der Waals surface area contributed by atoms with E-state index in [-0.39, 0.29) is 11.7 Å². The van der Waals surface area contributed by atoms with Gasteiger partial charge in [0, 0.05) is 24.4 Å². The van der Waals surface area contributed by atoms with Crippen LogP contribution in [0.1, 0.15) is 12.1 Å². The van der Waals surface area contributed by atoms with Crippen molar-refractivity contribution in [3.05, 3.63) is 18.0 Å². The summed E-state index contributed by atoms with van der Waals surface area (Å²) >= 11 is 0. The van der Waals surface area contributed by atoms with Crippen LogP contribution in [0.4, 0.5) is 0 Å². The summed E-state index contributed by atoms with van der Waals surface area (Å²) in [6.07, 6.45) is 2.58. The van der Waals surface area contributed by atoms with Crippen LogP contribution in [0.25, 0.3) is 0 Å². The molecular formula is C10H14N2O2. The Morgan fingerprint density at radius 1 is 1.79 bits per heavy atom. The third-order valence-corrected chi connectivity index (χ3v) is 2.62. The van der Waals surface area contributed by atoms with Crippen molar-refractivity contribution in [3.8, 4) is 0 Å². The highest BCUT2D eigenvalue weighted by Gasteiger charge is 2.23. The Bertz CT molecular complexity index is 327. The van der Waals surface area contributed by atoms with Crippen LogP contribution in [0, 0.1) is 12.8 Å². The molecule has 0 aromatic carbocycles. The lowest BCUT2D eigenvalue weighted by Gasteiger charge is -2.07. The van der Waals surface area contributed by atoms with Gasteiger partial charge in [-0.25, -0.2) is 0 Å². The second kappa shape index (κ2) is 3.92. The molecule has 0 amide bonds. The zero-order valence-electron chi connectivity index (χ0n) is 8.27. The minimum Gasteiger partial charge on any atom is -0.381 e. The molecule has 1 fully saturated rings. The van der Waals surface area contributed by atoms with E-state index in [1.165, 1.54) is 0 Å². The number of rotatable bonds is 3. The maximum absolute atomic E-state index is 11.7. The molecule has 1 unspecified atom stereocenters. The fraction of sp³-hybridized carbons (Fsp3) is 0.600. The smallest absolute Gasteiger partial charge is 0.159 e. The normalized spacial score (nSPS) is 21.4. The Balaban J connectivity index is 1.97. The van der Waals surface area contributed by atoms with E-state index in [1.54, 1.807) is 10.9 Å². The zero-order valence-corrected chi connectivity index (χ0v) is 8.27. The zero-order chi connectivity index (χ0) is 9.97. The number of carbonyl (C=O) groups excluding carboxylic acids is 1. The van der Waals surface area contributed by atoms with Gasteiger partial charge in [-0.1, -0.05) is 0 Å². The number of Topliss-reactive ketones (excluding diaryl/α,β-unsaturated/α-hetero) is 1. The van der Waals surface area contributed by atoms with Gasteiger partial charge in [-0.2, -0.15) is 5.10 Å². The predicted octanol–water partition coefficient (Wildman–Crippen LogP) is 0.797. The average molecular weight is 194 g/mol. The minimum atomic E-state index is 0.0820. The number of nitrogens with zero attached hydrogens (tertiary/aromatic N) is 2. The third-order valence-electron chi connectivity index (χ3n) is 2.62. The number of hydrogen-bond donors (Lipinski definition) is 0. The van der Waals surface area contributed by atoms with Crippen molar-refractivity contribution >= 4 is 5.78 Å². The van der Waals surface area contributed by atoms with Crippen molar-refractivity contribution < 1.29 is 9.53 Å². The number of hydrogen-bond acceptors (Lipinski definition) is 3. The molecule has 1 atom stereocenters. The van der Waals surface area contributed by atoms with Gasteiger partial charge in [-0.15, -0.1) is 0 Å². The van der Waals surface area contributed by atoms with Crippen LogP contribution in [-0.2, 0) is 16.1 Å². The monoisotopic (exact) mass is 194 g/mol. The van der Waals surface area contributed by atoms with Gasteiger partial charge >= 0.3 is 0 Å².